The molecule has 2 aromatic carbocycles. The lowest BCUT2D eigenvalue weighted by Crippen LogP contribution is -2.42. The second-order valence-corrected chi connectivity index (χ2v) is 7.16. The third kappa shape index (κ3) is 3.36. The molecule has 3 aromatic rings. The van der Waals surface area contributed by atoms with Crippen LogP contribution < -0.4 is 21.3 Å². The van der Waals surface area contributed by atoms with Gasteiger partial charge in [-0.05, 0) is 55.0 Å². The molecule has 0 fully saturated rings. The number of hydrogen-bond acceptors (Lipinski definition) is 4. The highest BCUT2D eigenvalue weighted by molar-refractivity contribution is 5.77. The quantitative estimate of drug-likeness (QED) is 0.749. The fourth-order valence-corrected chi connectivity index (χ4v) is 3.75. The maximum absolute atomic E-state index is 12.5. The van der Waals surface area contributed by atoms with E-state index < -0.39 is 0 Å². The Balaban J connectivity index is 1.77. The van der Waals surface area contributed by atoms with Crippen LogP contribution in [0, 0.1) is 6.92 Å². The van der Waals surface area contributed by atoms with Gasteiger partial charge in [0.25, 0.3) is 5.56 Å². The molecule has 0 saturated carbocycles. The number of aryl methyl sites for hydroxylation is 3. The summed E-state index contributed by atoms with van der Waals surface area (Å²) in [6.45, 7) is 8.82. The van der Waals surface area contributed by atoms with E-state index >= 15 is 0 Å². The van der Waals surface area contributed by atoms with E-state index in [-0.39, 0.29) is 5.56 Å². The van der Waals surface area contributed by atoms with Crippen LogP contribution in [0.3, 0.4) is 0 Å². The highest BCUT2D eigenvalue weighted by Gasteiger charge is 2.23. The van der Waals surface area contributed by atoms with Crippen LogP contribution in [-0.2, 0) is 12.8 Å². The van der Waals surface area contributed by atoms with E-state index in [4.69, 9.17) is 0 Å². The average Bonchev–Trinajstić information content (AvgIpc) is 2.69. The molecule has 0 atom stereocenters. The van der Waals surface area contributed by atoms with Gasteiger partial charge in [-0.25, -0.2) is 9.98 Å². The third-order valence-corrected chi connectivity index (χ3v) is 5.21. The van der Waals surface area contributed by atoms with Crippen molar-refractivity contribution >= 4 is 23.8 Å². The summed E-state index contributed by atoms with van der Waals surface area (Å²) in [6.07, 6.45) is 2.84. The van der Waals surface area contributed by atoms with Crippen molar-refractivity contribution < 1.29 is 0 Å². The van der Waals surface area contributed by atoms with E-state index in [0.717, 1.165) is 37.2 Å². The molecular formula is C23H24N4O. The van der Waals surface area contributed by atoms with Gasteiger partial charge in [0.05, 0.1) is 11.4 Å². The van der Waals surface area contributed by atoms with Gasteiger partial charge in [0, 0.05) is 6.54 Å². The van der Waals surface area contributed by atoms with Crippen LogP contribution >= 0.6 is 0 Å². The summed E-state index contributed by atoms with van der Waals surface area (Å²) in [5.41, 5.74) is 5.73. The lowest BCUT2D eigenvalue weighted by Gasteiger charge is -2.29. The highest BCUT2D eigenvalue weighted by Crippen LogP contribution is 2.37. The van der Waals surface area contributed by atoms with Crippen LogP contribution in [-0.4, -0.2) is 16.5 Å². The van der Waals surface area contributed by atoms with Gasteiger partial charge in [-0.1, -0.05) is 43.8 Å². The van der Waals surface area contributed by atoms with Gasteiger partial charge in [-0.15, -0.1) is 0 Å². The molecule has 0 unspecified atom stereocenters. The zero-order valence-electron chi connectivity index (χ0n) is 16.3. The molecule has 5 heteroatoms. The Kier molecular flexibility index (Phi) is 4.82. The molecule has 1 aliphatic rings. The van der Waals surface area contributed by atoms with Gasteiger partial charge >= 0.3 is 0 Å². The number of H-pyrrole nitrogens is 1. The lowest BCUT2D eigenvalue weighted by molar-refractivity contribution is 0.784. The zero-order valence-corrected chi connectivity index (χ0v) is 16.3. The molecule has 4 rings (SSSR count). The summed E-state index contributed by atoms with van der Waals surface area (Å²) < 4.78 is 0. The number of aromatic nitrogens is 2. The zero-order chi connectivity index (χ0) is 19.7. The number of hydrogen-bond donors (Lipinski definition) is 1. The van der Waals surface area contributed by atoms with Crippen molar-refractivity contribution in [3.05, 3.63) is 80.3 Å². The molecular weight excluding hydrogens is 348 g/mol. The fourth-order valence-electron chi connectivity index (χ4n) is 3.75. The van der Waals surface area contributed by atoms with Crippen LogP contribution in [0.4, 0.5) is 17.2 Å². The summed E-state index contributed by atoms with van der Waals surface area (Å²) in [6, 6.07) is 14.7. The first-order chi connectivity index (χ1) is 13.6. The number of rotatable bonds is 5. The molecule has 142 valence electrons. The maximum atomic E-state index is 12.5. The van der Waals surface area contributed by atoms with E-state index in [9.17, 15) is 4.79 Å². The van der Waals surface area contributed by atoms with Crippen molar-refractivity contribution in [3.8, 4) is 0 Å². The predicted octanol–water partition coefficient (Wildman–Crippen LogP) is 3.09. The summed E-state index contributed by atoms with van der Waals surface area (Å²) in [7, 11) is 0. The summed E-state index contributed by atoms with van der Waals surface area (Å²) in [5, 5.41) is 0.366. The molecule has 1 aromatic heterocycles. The first-order valence-electron chi connectivity index (χ1n) is 9.70. The number of nitrogens with one attached hydrogen (secondary N) is 1. The average molecular weight is 372 g/mol. The maximum Gasteiger partial charge on any atom is 0.279 e. The van der Waals surface area contributed by atoms with Crippen molar-refractivity contribution in [1.29, 1.82) is 0 Å². The van der Waals surface area contributed by atoms with Crippen molar-refractivity contribution in [3.63, 3.8) is 0 Å². The first-order valence-corrected chi connectivity index (χ1v) is 9.70. The molecule has 0 aliphatic carbocycles. The van der Waals surface area contributed by atoms with Crippen molar-refractivity contribution in [2.75, 3.05) is 11.4 Å². The molecule has 1 aliphatic heterocycles. The van der Waals surface area contributed by atoms with E-state index in [0.29, 0.717) is 16.7 Å². The van der Waals surface area contributed by atoms with Crippen LogP contribution in [0.1, 0.15) is 30.0 Å². The molecule has 5 nitrogen and oxygen atoms in total. The Morgan fingerprint density at radius 3 is 2.71 bits per heavy atom. The standard InChI is InChI=1S/C23H24N4O/c1-4-18-14-19-20(13-15(18)2)27(12-8-11-17-9-6-5-7-10-17)22-21(26-19)23(28)25-16(3)24-22/h5-7,9-10,13-14H,3-4,8,11-12H2,1-2H3,(H,25,28). The number of benzene rings is 2. The van der Waals surface area contributed by atoms with Crippen molar-refractivity contribution in [2.24, 2.45) is 4.99 Å². The Hall–Kier alpha value is -3.21. The second-order valence-electron chi connectivity index (χ2n) is 7.16. The van der Waals surface area contributed by atoms with Crippen LogP contribution in [0.15, 0.2) is 52.3 Å². The van der Waals surface area contributed by atoms with Crippen LogP contribution in [0.2, 0.25) is 0 Å². The van der Waals surface area contributed by atoms with E-state index in [1.807, 2.05) is 6.07 Å². The van der Waals surface area contributed by atoms with Gasteiger partial charge in [-0.3, -0.25) is 4.79 Å². The number of fused-ring (bicyclic) bond motifs is 2. The minimum absolute atomic E-state index is 0.243. The number of aromatic amines is 1. The lowest BCUT2D eigenvalue weighted by atomic mass is 10.0. The summed E-state index contributed by atoms with van der Waals surface area (Å²) >= 11 is 0. The van der Waals surface area contributed by atoms with Gasteiger partial charge in [-0.2, -0.15) is 0 Å². The van der Waals surface area contributed by atoms with Crippen molar-refractivity contribution in [1.82, 2.24) is 9.97 Å². The minimum atomic E-state index is -0.243. The molecule has 28 heavy (non-hydrogen) atoms. The Morgan fingerprint density at radius 1 is 1.18 bits per heavy atom. The van der Waals surface area contributed by atoms with E-state index in [1.165, 1.54) is 16.7 Å². The van der Waals surface area contributed by atoms with E-state index in [2.05, 4.69) is 76.7 Å². The normalized spacial score (nSPS) is 12.3. The Labute approximate surface area is 164 Å². The largest absolute Gasteiger partial charge is 0.322 e. The molecule has 0 amide bonds. The van der Waals surface area contributed by atoms with Gasteiger partial charge in [0.2, 0.25) is 0 Å². The predicted molar refractivity (Wildman–Crippen MR) is 113 cm³/mol. The number of nitrogens with zero attached hydrogens (tertiary/aromatic N) is 3. The summed E-state index contributed by atoms with van der Waals surface area (Å²) in [5.74, 6) is 0.595. The SMILES string of the molecule is C=c1nc2c(c(=O)[nH]1)=Nc1cc(CC)c(C)cc1N2CCCc1ccccc1. The third-order valence-electron chi connectivity index (χ3n) is 5.21. The Bertz CT molecular complexity index is 1180. The number of anilines is 2. The molecule has 0 radical (unpaired) electrons. The van der Waals surface area contributed by atoms with Crippen LogP contribution in [0.5, 0.6) is 0 Å². The Morgan fingerprint density at radius 2 is 1.96 bits per heavy atom. The molecule has 0 saturated heterocycles. The molecule has 2 heterocycles. The molecule has 0 bridgehead atoms. The monoisotopic (exact) mass is 372 g/mol. The fraction of sp³-hybridized carbons (Fsp3) is 0.261. The minimum Gasteiger partial charge on any atom is -0.322 e. The van der Waals surface area contributed by atoms with Gasteiger partial charge in [0.1, 0.15) is 5.48 Å². The van der Waals surface area contributed by atoms with Gasteiger partial charge in [0.15, 0.2) is 11.2 Å². The topological polar surface area (TPSA) is 61.4 Å². The molecule has 0 spiro atoms. The van der Waals surface area contributed by atoms with Gasteiger partial charge < -0.3 is 9.88 Å². The highest BCUT2D eigenvalue weighted by atomic mass is 16.1. The second kappa shape index (κ2) is 7.43. The van der Waals surface area contributed by atoms with Crippen molar-refractivity contribution in [2.45, 2.75) is 33.1 Å². The van der Waals surface area contributed by atoms with Crippen LogP contribution in [0.25, 0.3) is 6.58 Å². The molecule has 1 N–H and O–H groups in total. The van der Waals surface area contributed by atoms with E-state index in [1.54, 1.807) is 0 Å². The smallest absolute Gasteiger partial charge is 0.279 e. The first kappa shape index (κ1) is 18.2. The summed E-state index contributed by atoms with van der Waals surface area (Å²) in [4.78, 5) is 26.5.